The lowest BCUT2D eigenvalue weighted by Crippen LogP contribution is -2.46. The molecule has 3 heterocycles. The summed E-state index contributed by atoms with van der Waals surface area (Å²) in [5.41, 5.74) is 1.09. The van der Waals surface area contributed by atoms with Crippen molar-refractivity contribution in [2.24, 2.45) is 0 Å². The van der Waals surface area contributed by atoms with E-state index in [2.05, 4.69) is 0 Å². The van der Waals surface area contributed by atoms with Gasteiger partial charge in [-0.05, 0) is 42.2 Å². The quantitative estimate of drug-likeness (QED) is 0.430. The standard InChI is InChI=1S/C26H24FN3O5S/c1-35-21-8-7-16(13-19(21)27)15-29-20-14-22(17-5-3-2-4-6-17)36-23(20)24(31)30(25(29)32)18-9-11-28(12-10-18)26(33)34/h2-8,13-14,18H,9-12,15H2,1H3,(H,33,34). The summed E-state index contributed by atoms with van der Waals surface area (Å²) in [5.74, 6) is -0.433. The highest BCUT2D eigenvalue weighted by Crippen LogP contribution is 2.32. The Labute approximate surface area is 209 Å². The molecule has 1 fully saturated rings. The second kappa shape index (κ2) is 9.62. The highest BCUT2D eigenvalue weighted by molar-refractivity contribution is 7.22. The van der Waals surface area contributed by atoms with Crippen molar-refractivity contribution in [2.45, 2.75) is 25.4 Å². The molecule has 8 nitrogen and oxygen atoms in total. The van der Waals surface area contributed by atoms with E-state index in [0.29, 0.717) is 28.6 Å². The molecule has 0 spiro atoms. The minimum atomic E-state index is -1.01. The van der Waals surface area contributed by atoms with Crippen LogP contribution >= 0.6 is 11.3 Å². The maximum absolute atomic E-state index is 14.4. The molecule has 0 saturated carbocycles. The van der Waals surface area contributed by atoms with Crippen LogP contribution in [0.5, 0.6) is 5.75 Å². The van der Waals surface area contributed by atoms with Crippen LogP contribution in [0.15, 0.2) is 64.2 Å². The van der Waals surface area contributed by atoms with Gasteiger partial charge in [0, 0.05) is 24.0 Å². The van der Waals surface area contributed by atoms with E-state index in [9.17, 15) is 23.9 Å². The summed E-state index contributed by atoms with van der Waals surface area (Å²) in [6, 6.07) is 15.5. The van der Waals surface area contributed by atoms with Gasteiger partial charge in [-0.1, -0.05) is 36.4 Å². The Morgan fingerprint density at radius 1 is 1.11 bits per heavy atom. The summed E-state index contributed by atoms with van der Waals surface area (Å²) in [5, 5.41) is 9.28. The molecular weight excluding hydrogens is 485 g/mol. The zero-order valence-electron chi connectivity index (χ0n) is 19.5. The van der Waals surface area contributed by atoms with E-state index in [-0.39, 0.29) is 30.9 Å². The molecule has 10 heteroatoms. The van der Waals surface area contributed by atoms with E-state index in [4.69, 9.17) is 4.74 Å². The third-order valence-corrected chi connectivity index (χ3v) is 7.73. The van der Waals surface area contributed by atoms with Crippen LogP contribution in [0.2, 0.25) is 0 Å². The molecule has 1 N–H and O–H groups in total. The first-order valence-electron chi connectivity index (χ1n) is 11.5. The molecule has 1 aliphatic rings. The number of likely N-dealkylation sites (tertiary alicyclic amines) is 1. The van der Waals surface area contributed by atoms with Crippen LogP contribution in [0.3, 0.4) is 0 Å². The van der Waals surface area contributed by atoms with Crippen molar-refractivity contribution in [1.82, 2.24) is 14.0 Å². The maximum atomic E-state index is 14.4. The predicted molar refractivity (Wildman–Crippen MR) is 136 cm³/mol. The SMILES string of the molecule is COc1ccc(Cn2c(=O)n(C3CCN(C(=O)O)CC3)c(=O)c3sc(-c4ccccc4)cc32)cc1F. The van der Waals surface area contributed by atoms with Crippen LogP contribution in [0.1, 0.15) is 24.4 Å². The number of benzene rings is 2. The molecule has 0 bridgehead atoms. The fourth-order valence-electron chi connectivity index (χ4n) is 4.69. The normalized spacial score (nSPS) is 14.3. The fourth-order valence-corrected chi connectivity index (χ4v) is 5.79. The first kappa shape index (κ1) is 23.8. The van der Waals surface area contributed by atoms with Crippen LogP contribution in [0.4, 0.5) is 9.18 Å². The summed E-state index contributed by atoms with van der Waals surface area (Å²) in [4.78, 5) is 40.8. The number of hydrogen-bond acceptors (Lipinski definition) is 5. The minimum absolute atomic E-state index is 0.0649. The summed E-state index contributed by atoms with van der Waals surface area (Å²) in [7, 11) is 1.38. The number of aromatic nitrogens is 2. The van der Waals surface area contributed by atoms with Crippen molar-refractivity contribution in [2.75, 3.05) is 20.2 Å². The Balaban J connectivity index is 1.66. The van der Waals surface area contributed by atoms with Gasteiger partial charge < -0.3 is 14.7 Å². The molecule has 5 rings (SSSR count). The molecule has 0 unspecified atom stereocenters. The summed E-state index contributed by atoms with van der Waals surface area (Å²) in [6.07, 6.45) is -0.289. The smallest absolute Gasteiger partial charge is 0.407 e. The van der Waals surface area contributed by atoms with Crippen LogP contribution in [0.25, 0.3) is 20.7 Å². The lowest BCUT2D eigenvalue weighted by Gasteiger charge is -2.30. The summed E-state index contributed by atoms with van der Waals surface area (Å²) >= 11 is 1.31. The molecule has 1 aliphatic heterocycles. The second-order valence-corrected chi connectivity index (χ2v) is 9.76. The fraction of sp³-hybridized carbons (Fsp3) is 0.269. The number of carbonyl (C=O) groups is 1. The largest absolute Gasteiger partial charge is 0.494 e. The molecule has 0 aliphatic carbocycles. The van der Waals surface area contributed by atoms with Gasteiger partial charge in [-0.15, -0.1) is 11.3 Å². The Morgan fingerprint density at radius 3 is 2.47 bits per heavy atom. The Morgan fingerprint density at radius 2 is 1.83 bits per heavy atom. The average molecular weight is 510 g/mol. The zero-order valence-corrected chi connectivity index (χ0v) is 20.3. The molecule has 1 saturated heterocycles. The number of fused-ring (bicyclic) bond motifs is 1. The number of halogens is 1. The molecule has 186 valence electrons. The molecule has 0 atom stereocenters. The number of nitrogens with zero attached hydrogens (tertiary/aromatic N) is 3. The first-order valence-corrected chi connectivity index (χ1v) is 12.3. The number of thiophene rings is 1. The van der Waals surface area contributed by atoms with Gasteiger partial charge >= 0.3 is 11.8 Å². The van der Waals surface area contributed by atoms with Crippen molar-refractivity contribution >= 4 is 27.6 Å². The van der Waals surface area contributed by atoms with Crippen molar-refractivity contribution in [3.63, 3.8) is 0 Å². The first-order chi connectivity index (χ1) is 17.4. The van der Waals surface area contributed by atoms with Gasteiger partial charge in [0.15, 0.2) is 11.6 Å². The number of piperidine rings is 1. The lowest BCUT2D eigenvalue weighted by atomic mass is 10.1. The van der Waals surface area contributed by atoms with Crippen LogP contribution in [-0.2, 0) is 6.54 Å². The van der Waals surface area contributed by atoms with Gasteiger partial charge in [0.25, 0.3) is 5.56 Å². The Bertz CT molecular complexity index is 1550. The van der Waals surface area contributed by atoms with Crippen LogP contribution < -0.4 is 16.0 Å². The minimum Gasteiger partial charge on any atom is -0.494 e. The van der Waals surface area contributed by atoms with Crippen molar-refractivity contribution in [3.8, 4) is 16.2 Å². The highest BCUT2D eigenvalue weighted by Gasteiger charge is 2.28. The van der Waals surface area contributed by atoms with Gasteiger partial charge in [0.05, 0.1) is 19.2 Å². The van der Waals surface area contributed by atoms with Gasteiger partial charge in [0.2, 0.25) is 0 Å². The van der Waals surface area contributed by atoms with Crippen molar-refractivity contribution in [1.29, 1.82) is 0 Å². The molecular formula is C26H24FN3O5S. The van der Waals surface area contributed by atoms with Gasteiger partial charge in [0.1, 0.15) is 4.70 Å². The van der Waals surface area contributed by atoms with Crippen LogP contribution in [0, 0.1) is 5.82 Å². The van der Waals surface area contributed by atoms with Gasteiger partial charge in [-0.25, -0.2) is 14.0 Å². The van der Waals surface area contributed by atoms with Gasteiger partial charge in [-0.2, -0.15) is 0 Å². The molecule has 2 aromatic carbocycles. The Hall–Kier alpha value is -3.92. The molecule has 0 radical (unpaired) electrons. The van der Waals surface area contributed by atoms with Gasteiger partial charge in [-0.3, -0.25) is 13.9 Å². The number of hydrogen-bond donors (Lipinski definition) is 1. The second-order valence-electron chi connectivity index (χ2n) is 8.70. The molecule has 36 heavy (non-hydrogen) atoms. The molecule has 1 amide bonds. The number of ether oxygens (including phenoxy) is 1. The maximum Gasteiger partial charge on any atom is 0.407 e. The predicted octanol–water partition coefficient (Wildman–Crippen LogP) is 4.40. The van der Waals surface area contributed by atoms with Crippen molar-refractivity contribution in [3.05, 3.63) is 86.8 Å². The van der Waals surface area contributed by atoms with Crippen LogP contribution in [-0.4, -0.2) is 45.4 Å². The van der Waals surface area contributed by atoms with E-state index in [1.54, 1.807) is 6.07 Å². The summed E-state index contributed by atoms with van der Waals surface area (Å²) < 4.78 is 22.6. The lowest BCUT2D eigenvalue weighted by molar-refractivity contribution is 0.124. The van der Waals surface area contributed by atoms with E-state index in [1.165, 1.54) is 44.6 Å². The Kier molecular flexibility index (Phi) is 6.36. The highest BCUT2D eigenvalue weighted by atomic mass is 32.1. The summed E-state index contributed by atoms with van der Waals surface area (Å²) in [6.45, 7) is 0.552. The zero-order chi connectivity index (χ0) is 25.4. The van der Waals surface area contributed by atoms with E-state index in [0.717, 1.165) is 10.4 Å². The molecule has 4 aromatic rings. The van der Waals surface area contributed by atoms with E-state index >= 15 is 0 Å². The number of amides is 1. The number of carboxylic acid groups (broad SMARTS) is 1. The molecule has 2 aromatic heterocycles. The van der Waals surface area contributed by atoms with E-state index < -0.39 is 23.6 Å². The third-order valence-electron chi connectivity index (χ3n) is 6.57. The topological polar surface area (TPSA) is 93.8 Å². The third kappa shape index (κ3) is 4.28. The monoisotopic (exact) mass is 509 g/mol. The average Bonchev–Trinajstić information content (AvgIpc) is 3.33. The van der Waals surface area contributed by atoms with E-state index in [1.807, 2.05) is 36.4 Å². The number of methoxy groups -OCH3 is 1. The van der Waals surface area contributed by atoms with Crippen molar-refractivity contribution < 1.29 is 19.0 Å². The number of rotatable bonds is 5.